The second-order valence-electron chi connectivity index (χ2n) is 4.95. The summed E-state index contributed by atoms with van der Waals surface area (Å²) < 4.78 is 12.8. The molecule has 3 rings (SSSR count). The predicted octanol–water partition coefficient (Wildman–Crippen LogP) is 1.58. The average Bonchev–Trinajstić information content (AvgIpc) is 3.10. The molecule has 1 amide bonds. The van der Waals surface area contributed by atoms with E-state index >= 15 is 0 Å². The van der Waals surface area contributed by atoms with Gasteiger partial charge in [0.15, 0.2) is 0 Å². The van der Waals surface area contributed by atoms with Crippen LogP contribution < -0.4 is 5.32 Å². The highest BCUT2D eigenvalue weighted by Gasteiger charge is 2.34. The molecule has 2 aromatic heterocycles. The van der Waals surface area contributed by atoms with E-state index in [0.717, 1.165) is 12.2 Å². The Bertz CT molecular complexity index is 617. The Morgan fingerprint density at radius 1 is 1.55 bits per heavy atom. The highest BCUT2D eigenvalue weighted by Crippen LogP contribution is 2.28. The number of hydrogen-bond donors (Lipinski definition) is 1. The zero-order chi connectivity index (χ0) is 14.1. The normalized spacial score (nSPS) is 22.1. The number of aryl methyl sites for hydroxylation is 2. The SMILES string of the molecule is Cc1occc1C(=O)N[C@H]1CCO[C@@H]1c1nccn1C. The van der Waals surface area contributed by atoms with Crippen molar-refractivity contribution >= 4 is 5.91 Å². The molecule has 0 radical (unpaired) electrons. The van der Waals surface area contributed by atoms with E-state index in [1.807, 2.05) is 17.8 Å². The van der Waals surface area contributed by atoms with E-state index in [9.17, 15) is 4.79 Å². The lowest BCUT2D eigenvalue weighted by atomic mass is 10.1. The van der Waals surface area contributed by atoms with Crippen LogP contribution in [0.1, 0.15) is 34.5 Å². The number of ether oxygens (including phenoxy) is 1. The fourth-order valence-electron chi connectivity index (χ4n) is 2.51. The van der Waals surface area contributed by atoms with Crippen molar-refractivity contribution in [1.29, 1.82) is 0 Å². The smallest absolute Gasteiger partial charge is 0.255 e. The Morgan fingerprint density at radius 2 is 2.40 bits per heavy atom. The molecule has 1 aliphatic heterocycles. The molecular weight excluding hydrogens is 258 g/mol. The van der Waals surface area contributed by atoms with Gasteiger partial charge < -0.3 is 19.0 Å². The van der Waals surface area contributed by atoms with Crippen molar-refractivity contribution in [3.05, 3.63) is 41.9 Å². The highest BCUT2D eigenvalue weighted by atomic mass is 16.5. The van der Waals surface area contributed by atoms with Gasteiger partial charge in [0.05, 0.1) is 17.9 Å². The van der Waals surface area contributed by atoms with E-state index in [4.69, 9.17) is 9.15 Å². The lowest BCUT2D eigenvalue weighted by Gasteiger charge is -2.19. The summed E-state index contributed by atoms with van der Waals surface area (Å²) in [4.78, 5) is 16.5. The van der Waals surface area contributed by atoms with Crippen molar-refractivity contribution in [1.82, 2.24) is 14.9 Å². The van der Waals surface area contributed by atoms with E-state index < -0.39 is 0 Å². The Labute approximate surface area is 116 Å². The summed E-state index contributed by atoms with van der Waals surface area (Å²) in [5.41, 5.74) is 0.565. The predicted molar refractivity (Wildman–Crippen MR) is 71.2 cm³/mol. The van der Waals surface area contributed by atoms with Crippen LogP contribution in [0.2, 0.25) is 0 Å². The van der Waals surface area contributed by atoms with Crippen LogP contribution in [0.3, 0.4) is 0 Å². The number of nitrogens with zero attached hydrogens (tertiary/aromatic N) is 2. The number of rotatable bonds is 3. The van der Waals surface area contributed by atoms with Gasteiger partial charge in [-0.1, -0.05) is 0 Å². The number of nitrogens with one attached hydrogen (secondary N) is 1. The van der Waals surface area contributed by atoms with Gasteiger partial charge in [0.25, 0.3) is 5.91 Å². The van der Waals surface area contributed by atoms with E-state index in [2.05, 4.69) is 10.3 Å². The summed E-state index contributed by atoms with van der Waals surface area (Å²) in [6, 6.07) is 1.61. The molecule has 1 N–H and O–H groups in total. The molecule has 106 valence electrons. The fraction of sp³-hybridized carbons (Fsp3) is 0.429. The van der Waals surface area contributed by atoms with Crippen LogP contribution in [0.4, 0.5) is 0 Å². The molecule has 1 saturated heterocycles. The standard InChI is InChI=1S/C14H17N3O3/c1-9-10(3-7-19-9)14(18)16-11-4-8-20-12(11)13-15-5-6-17(13)2/h3,5-7,11-12H,4,8H2,1-2H3,(H,16,18)/t11-,12-/m0/s1. The lowest BCUT2D eigenvalue weighted by molar-refractivity contribution is 0.0778. The molecule has 3 heterocycles. The molecule has 1 fully saturated rings. The summed E-state index contributed by atoms with van der Waals surface area (Å²) in [6.45, 7) is 2.39. The Kier molecular flexibility index (Phi) is 3.31. The maximum absolute atomic E-state index is 12.2. The molecule has 0 spiro atoms. The van der Waals surface area contributed by atoms with Crippen molar-refractivity contribution < 1.29 is 13.9 Å². The first kappa shape index (κ1) is 12.9. The van der Waals surface area contributed by atoms with Gasteiger partial charge in [-0.2, -0.15) is 0 Å². The number of carbonyl (C=O) groups excluding carboxylic acids is 1. The van der Waals surface area contributed by atoms with Crippen LogP contribution >= 0.6 is 0 Å². The first-order chi connectivity index (χ1) is 9.66. The Morgan fingerprint density at radius 3 is 3.05 bits per heavy atom. The van der Waals surface area contributed by atoms with Crippen molar-refractivity contribution in [2.75, 3.05) is 6.61 Å². The molecule has 6 nitrogen and oxygen atoms in total. The molecule has 1 aliphatic rings. The number of aromatic nitrogens is 2. The molecule has 0 aromatic carbocycles. The molecule has 0 bridgehead atoms. The van der Waals surface area contributed by atoms with Crippen LogP contribution in [-0.2, 0) is 11.8 Å². The molecule has 20 heavy (non-hydrogen) atoms. The van der Waals surface area contributed by atoms with Gasteiger partial charge in [0.1, 0.15) is 17.7 Å². The minimum Gasteiger partial charge on any atom is -0.469 e. The largest absolute Gasteiger partial charge is 0.469 e. The van der Waals surface area contributed by atoms with Gasteiger partial charge >= 0.3 is 0 Å². The quantitative estimate of drug-likeness (QED) is 0.923. The monoisotopic (exact) mass is 275 g/mol. The molecule has 2 aromatic rings. The number of hydrogen-bond acceptors (Lipinski definition) is 4. The van der Waals surface area contributed by atoms with Gasteiger partial charge in [0.2, 0.25) is 0 Å². The Hall–Kier alpha value is -2.08. The summed E-state index contributed by atoms with van der Waals surface area (Å²) >= 11 is 0. The topological polar surface area (TPSA) is 69.3 Å². The van der Waals surface area contributed by atoms with Gasteiger partial charge in [-0.3, -0.25) is 4.79 Å². The number of imidazole rings is 1. The van der Waals surface area contributed by atoms with Crippen molar-refractivity contribution in [3.8, 4) is 0 Å². The third-order valence-electron chi connectivity index (χ3n) is 3.62. The third kappa shape index (κ3) is 2.22. The van der Waals surface area contributed by atoms with Gasteiger partial charge in [-0.25, -0.2) is 4.98 Å². The molecule has 0 saturated carbocycles. The second-order valence-corrected chi connectivity index (χ2v) is 4.95. The lowest BCUT2D eigenvalue weighted by Crippen LogP contribution is -2.37. The maximum atomic E-state index is 12.2. The zero-order valence-corrected chi connectivity index (χ0v) is 11.5. The van der Waals surface area contributed by atoms with E-state index in [0.29, 0.717) is 17.9 Å². The average molecular weight is 275 g/mol. The molecular formula is C14H17N3O3. The van der Waals surface area contributed by atoms with Crippen LogP contribution in [0.15, 0.2) is 29.1 Å². The molecule has 6 heteroatoms. The van der Waals surface area contributed by atoms with Gasteiger partial charge in [-0.05, 0) is 19.4 Å². The van der Waals surface area contributed by atoms with E-state index in [1.165, 1.54) is 6.26 Å². The van der Waals surface area contributed by atoms with Gasteiger partial charge in [-0.15, -0.1) is 0 Å². The van der Waals surface area contributed by atoms with Crippen LogP contribution in [-0.4, -0.2) is 28.1 Å². The van der Waals surface area contributed by atoms with Crippen LogP contribution in [0.25, 0.3) is 0 Å². The molecule has 0 unspecified atom stereocenters. The van der Waals surface area contributed by atoms with Crippen molar-refractivity contribution in [2.24, 2.45) is 7.05 Å². The number of amides is 1. The third-order valence-corrected chi connectivity index (χ3v) is 3.62. The highest BCUT2D eigenvalue weighted by molar-refractivity contribution is 5.95. The number of furan rings is 1. The summed E-state index contributed by atoms with van der Waals surface area (Å²) in [5, 5.41) is 3.01. The molecule has 0 aliphatic carbocycles. The van der Waals surface area contributed by atoms with Crippen molar-refractivity contribution in [3.63, 3.8) is 0 Å². The van der Waals surface area contributed by atoms with Gasteiger partial charge in [0, 0.05) is 26.0 Å². The second kappa shape index (κ2) is 5.13. The summed E-state index contributed by atoms with van der Waals surface area (Å²) in [6.07, 6.45) is 5.70. The van der Waals surface area contributed by atoms with E-state index in [-0.39, 0.29) is 18.1 Å². The first-order valence-electron chi connectivity index (χ1n) is 6.60. The first-order valence-corrected chi connectivity index (χ1v) is 6.60. The van der Waals surface area contributed by atoms with Crippen LogP contribution in [0, 0.1) is 6.92 Å². The summed E-state index contributed by atoms with van der Waals surface area (Å²) in [7, 11) is 1.92. The fourth-order valence-corrected chi connectivity index (χ4v) is 2.51. The Balaban J connectivity index is 1.75. The zero-order valence-electron chi connectivity index (χ0n) is 11.5. The van der Waals surface area contributed by atoms with Crippen LogP contribution in [0.5, 0.6) is 0 Å². The minimum absolute atomic E-state index is 0.0714. The van der Waals surface area contributed by atoms with E-state index in [1.54, 1.807) is 19.2 Å². The molecule has 2 atom stereocenters. The van der Waals surface area contributed by atoms with Crippen molar-refractivity contribution in [2.45, 2.75) is 25.5 Å². The number of carbonyl (C=O) groups is 1. The minimum atomic E-state index is -0.203. The summed E-state index contributed by atoms with van der Waals surface area (Å²) in [5.74, 6) is 1.32. The maximum Gasteiger partial charge on any atom is 0.255 e.